The molecule has 0 fully saturated rings. The number of hydrogen-bond acceptors (Lipinski definition) is 7. The number of rotatable bonds is 12. The van der Waals surface area contributed by atoms with Crippen LogP contribution in [-0.4, -0.2) is 46.9 Å². The van der Waals surface area contributed by atoms with Crippen LogP contribution in [-0.2, 0) is 9.47 Å². The van der Waals surface area contributed by atoms with Gasteiger partial charge in [0.25, 0.3) is 5.91 Å². The lowest BCUT2D eigenvalue weighted by Gasteiger charge is -2.23. The van der Waals surface area contributed by atoms with Crippen molar-refractivity contribution in [1.82, 2.24) is 20.3 Å². The van der Waals surface area contributed by atoms with Crippen molar-refractivity contribution in [3.05, 3.63) is 72.8 Å². The van der Waals surface area contributed by atoms with Crippen LogP contribution in [0.2, 0.25) is 0 Å². The minimum absolute atomic E-state index is 0.139. The number of pyridine rings is 1. The van der Waals surface area contributed by atoms with Crippen molar-refractivity contribution in [3.63, 3.8) is 0 Å². The second-order valence-electron chi connectivity index (χ2n) is 6.88. The first kappa shape index (κ1) is 23.3. The quantitative estimate of drug-likeness (QED) is 0.336. The molecule has 3 aromatic rings. The minimum Gasteiger partial charge on any atom is -0.353 e. The summed E-state index contributed by atoms with van der Waals surface area (Å²) in [6.07, 6.45) is 8.04. The van der Waals surface area contributed by atoms with E-state index in [9.17, 15) is 4.79 Å². The van der Waals surface area contributed by atoms with Gasteiger partial charge in [-0.25, -0.2) is 9.97 Å². The van der Waals surface area contributed by atoms with Crippen molar-refractivity contribution in [2.45, 2.75) is 33.0 Å². The SMILES string of the molecule is CCOC(CCCNC(=O)c1cccc(N(c2ccncc2)c2ncccn2)c1)OCC. The summed E-state index contributed by atoms with van der Waals surface area (Å²) in [6.45, 7) is 5.62. The van der Waals surface area contributed by atoms with Gasteiger partial charge in [-0.3, -0.25) is 14.7 Å². The Labute approximate surface area is 188 Å². The Kier molecular flexibility index (Phi) is 9.09. The number of carbonyl (C=O) groups excluding carboxylic acids is 1. The second-order valence-corrected chi connectivity index (χ2v) is 6.88. The lowest BCUT2D eigenvalue weighted by atomic mass is 10.1. The van der Waals surface area contributed by atoms with Crippen LogP contribution in [0.5, 0.6) is 0 Å². The van der Waals surface area contributed by atoms with E-state index in [1.165, 1.54) is 0 Å². The molecule has 2 aromatic heterocycles. The summed E-state index contributed by atoms with van der Waals surface area (Å²) in [7, 11) is 0. The van der Waals surface area contributed by atoms with Gasteiger partial charge >= 0.3 is 0 Å². The fraction of sp³-hybridized carbons (Fsp3) is 0.333. The van der Waals surface area contributed by atoms with Gasteiger partial charge in [-0.2, -0.15) is 0 Å². The van der Waals surface area contributed by atoms with Gasteiger partial charge in [0.1, 0.15) is 0 Å². The maximum Gasteiger partial charge on any atom is 0.251 e. The van der Waals surface area contributed by atoms with Crippen molar-refractivity contribution < 1.29 is 14.3 Å². The van der Waals surface area contributed by atoms with E-state index in [2.05, 4.69) is 20.3 Å². The first-order chi connectivity index (χ1) is 15.7. The van der Waals surface area contributed by atoms with E-state index >= 15 is 0 Å². The summed E-state index contributed by atoms with van der Waals surface area (Å²) in [5.41, 5.74) is 2.19. The zero-order valence-corrected chi connectivity index (χ0v) is 18.5. The zero-order valence-electron chi connectivity index (χ0n) is 18.5. The zero-order chi connectivity index (χ0) is 22.6. The topological polar surface area (TPSA) is 89.5 Å². The number of amides is 1. The number of nitrogens with zero attached hydrogens (tertiary/aromatic N) is 4. The number of ether oxygens (including phenoxy) is 2. The third kappa shape index (κ3) is 6.57. The molecule has 0 unspecified atom stereocenters. The maximum absolute atomic E-state index is 12.8. The molecule has 0 aliphatic heterocycles. The van der Waals surface area contributed by atoms with E-state index in [1.54, 1.807) is 36.9 Å². The Hall–Kier alpha value is -3.36. The summed E-state index contributed by atoms with van der Waals surface area (Å²) < 4.78 is 11.1. The highest BCUT2D eigenvalue weighted by atomic mass is 16.7. The summed E-state index contributed by atoms with van der Waals surface area (Å²) in [5.74, 6) is 0.369. The molecule has 2 heterocycles. The predicted octanol–water partition coefficient (Wildman–Crippen LogP) is 4.25. The fourth-order valence-electron chi connectivity index (χ4n) is 3.23. The number of nitrogens with one attached hydrogen (secondary N) is 1. The highest BCUT2D eigenvalue weighted by Crippen LogP contribution is 2.31. The van der Waals surface area contributed by atoms with E-state index in [4.69, 9.17) is 9.47 Å². The van der Waals surface area contributed by atoms with Crippen LogP contribution in [0, 0.1) is 0 Å². The molecule has 0 radical (unpaired) electrons. The monoisotopic (exact) mass is 435 g/mol. The number of anilines is 3. The molecule has 8 nitrogen and oxygen atoms in total. The van der Waals surface area contributed by atoms with Crippen molar-refractivity contribution >= 4 is 23.2 Å². The van der Waals surface area contributed by atoms with Crippen molar-refractivity contribution in [1.29, 1.82) is 0 Å². The normalized spacial score (nSPS) is 10.8. The van der Waals surface area contributed by atoms with E-state index < -0.39 is 0 Å². The van der Waals surface area contributed by atoms with Crippen LogP contribution < -0.4 is 10.2 Å². The average Bonchev–Trinajstić information content (AvgIpc) is 2.84. The summed E-state index contributed by atoms with van der Waals surface area (Å²) in [4.78, 5) is 27.5. The summed E-state index contributed by atoms with van der Waals surface area (Å²) in [5, 5.41) is 2.97. The predicted molar refractivity (Wildman–Crippen MR) is 123 cm³/mol. The molecule has 0 bridgehead atoms. The molecule has 3 rings (SSSR count). The van der Waals surface area contributed by atoms with E-state index in [0.717, 1.165) is 24.2 Å². The first-order valence-electron chi connectivity index (χ1n) is 10.8. The number of benzene rings is 1. The standard InChI is InChI=1S/C24H29N5O3/c1-3-31-22(32-4-2)10-6-13-26-23(30)19-8-5-9-21(18-19)29(20-11-16-25-17-12-20)24-27-14-7-15-28-24/h5,7-9,11-12,14-18,22H,3-4,6,10,13H2,1-2H3,(H,26,30). The van der Waals surface area contributed by atoms with Crippen LogP contribution in [0.3, 0.4) is 0 Å². The van der Waals surface area contributed by atoms with Gasteiger partial charge < -0.3 is 14.8 Å². The van der Waals surface area contributed by atoms with Crippen LogP contribution in [0.25, 0.3) is 0 Å². The van der Waals surface area contributed by atoms with E-state index in [0.29, 0.717) is 31.3 Å². The lowest BCUT2D eigenvalue weighted by molar-refractivity contribution is -0.139. The summed E-state index contributed by atoms with van der Waals surface area (Å²) in [6, 6.07) is 12.9. The molecular weight excluding hydrogens is 406 g/mol. The Balaban J connectivity index is 1.70. The molecule has 0 aliphatic carbocycles. The Bertz CT molecular complexity index is 911. The van der Waals surface area contributed by atoms with Gasteiger partial charge in [-0.1, -0.05) is 6.07 Å². The molecule has 32 heavy (non-hydrogen) atoms. The molecule has 168 valence electrons. The molecule has 0 atom stereocenters. The van der Waals surface area contributed by atoms with Gasteiger partial charge in [0.05, 0.1) is 5.69 Å². The van der Waals surface area contributed by atoms with Gasteiger partial charge in [-0.05, 0) is 56.7 Å². The number of carbonyl (C=O) groups is 1. The fourth-order valence-corrected chi connectivity index (χ4v) is 3.23. The first-order valence-corrected chi connectivity index (χ1v) is 10.8. The molecular formula is C24H29N5O3. The second kappa shape index (κ2) is 12.5. The maximum atomic E-state index is 12.8. The largest absolute Gasteiger partial charge is 0.353 e. The Morgan fingerprint density at radius 2 is 1.69 bits per heavy atom. The van der Waals surface area contributed by atoms with E-state index in [-0.39, 0.29) is 12.2 Å². The van der Waals surface area contributed by atoms with Crippen molar-refractivity contribution in [3.8, 4) is 0 Å². The highest BCUT2D eigenvalue weighted by Gasteiger charge is 2.16. The lowest BCUT2D eigenvalue weighted by Crippen LogP contribution is -2.26. The Morgan fingerprint density at radius 1 is 0.969 bits per heavy atom. The van der Waals surface area contributed by atoms with Crippen LogP contribution in [0.4, 0.5) is 17.3 Å². The molecule has 0 saturated carbocycles. The smallest absolute Gasteiger partial charge is 0.251 e. The number of aromatic nitrogens is 3. The van der Waals surface area contributed by atoms with Crippen molar-refractivity contribution in [2.75, 3.05) is 24.7 Å². The molecule has 1 amide bonds. The molecule has 0 aliphatic rings. The highest BCUT2D eigenvalue weighted by molar-refractivity contribution is 5.95. The van der Waals surface area contributed by atoms with E-state index in [1.807, 2.05) is 49.1 Å². The average molecular weight is 436 g/mol. The van der Waals surface area contributed by atoms with Crippen LogP contribution in [0.1, 0.15) is 37.0 Å². The molecule has 0 spiro atoms. The van der Waals surface area contributed by atoms with Gasteiger partial charge in [0, 0.05) is 62.2 Å². The van der Waals surface area contributed by atoms with Gasteiger partial charge in [-0.15, -0.1) is 0 Å². The minimum atomic E-state index is -0.231. The van der Waals surface area contributed by atoms with Crippen LogP contribution >= 0.6 is 0 Å². The molecule has 0 saturated heterocycles. The van der Waals surface area contributed by atoms with Crippen molar-refractivity contribution in [2.24, 2.45) is 0 Å². The molecule has 1 aromatic carbocycles. The molecule has 1 N–H and O–H groups in total. The van der Waals surface area contributed by atoms with Gasteiger partial charge in [0.2, 0.25) is 5.95 Å². The number of hydrogen-bond donors (Lipinski definition) is 1. The Morgan fingerprint density at radius 3 is 2.38 bits per heavy atom. The third-order valence-corrected chi connectivity index (χ3v) is 4.65. The third-order valence-electron chi connectivity index (χ3n) is 4.65. The molecule has 8 heteroatoms. The van der Waals surface area contributed by atoms with Crippen LogP contribution in [0.15, 0.2) is 67.3 Å². The summed E-state index contributed by atoms with van der Waals surface area (Å²) >= 11 is 0. The van der Waals surface area contributed by atoms with Gasteiger partial charge in [0.15, 0.2) is 6.29 Å².